The van der Waals surface area contributed by atoms with Crippen LogP contribution in [0.25, 0.3) is 22.6 Å². The van der Waals surface area contributed by atoms with Crippen molar-refractivity contribution in [3.05, 3.63) is 69.2 Å². The van der Waals surface area contributed by atoms with E-state index in [0.717, 1.165) is 60.2 Å². The first-order chi connectivity index (χ1) is 18.5. The van der Waals surface area contributed by atoms with Crippen molar-refractivity contribution in [3.8, 4) is 17.5 Å². The Morgan fingerprint density at radius 2 is 1.95 bits per heavy atom. The molecule has 4 aromatic rings. The molecule has 2 fully saturated rings. The van der Waals surface area contributed by atoms with Crippen LogP contribution in [0.5, 0.6) is 0 Å². The number of aryl methyl sites for hydroxylation is 2. The minimum absolute atomic E-state index is 0.00608. The molecule has 2 saturated carbocycles. The van der Waals surface area contributed by atoms with Crippen LogP contribution in [0.15, 0.2) is 35.5 Å². The van der Waals surface area contributed by atoms with Gasteiger partial charge in [0.1, 0.15) is 11.8 Å². The first kappa shape index (κ1) is 24.2. The predicted octanol–water partition coefficient (Wildman–Crippen LogP) is 4.85. The molecule has 9 heteroatoms. The molecule has 0 unspecified atom stereocenters. The maximum absolute atomic E-state index is 13.8. The second-order valence-corrected chi connectivity index (χ2v) is 10.4. The van der Waals surface area contributed by atoms with Crippen LogP contribution in [-0.4, -0.2) is 29.5 Å². The second kappa shape index (κ2) is 9.60. The standard InChI is InChI=1S/C29H30N8O/c1-4-19-11-18(12-30)5-6-22(19)13-31-27-29(38)37(17(3)20-7-8-20)28-23(35-27)14-32-26(36-28)24-16(2)33-15-34-25(24)21-9-10-21/h5-6,11,14-15,17,20-21H,4,7-10,13H2,1-3H3,(H,31,35)/t17-/m0/s1. The Labute approximate surface area is 221 Å². The van der Waals surface area contributed by atoms with E-state index in [2.05, 4.69) is 45.2 Å². The van der Waals surface area contributed by atoms with Crippen LogP contribution in [0.3, 0.4) is 0 Å². The van der Waals surface area contributed by atoms with E-state index in [0.29, 0.717) is 40.9 Å². The number of fused-ring (bicyclic) bond motifs is 1. The third kappa shape index (κ3) is 4.40. The summed E-state index contributed by atoms with van der Waals surface area (Å²) in [5, 5.41) is 12.5. The Balaban J connectivity index is 1.43. The molecule has 1 aromatic carbocycles. The fraction of sp³-hybridized carbons (Fsp3) is 0.414. The monoisotopic (exact) mass is 506 g/mol. The third-order valence-corrected chi connectivity index (χ3v) is 7.76. The van der Waals surface area contributed by atoms with E-state index in [1.165, 1.54) is 0 Å². The summed E-state index contributed by atoms with van der Waals surface area (Å²) in [6, 6.07) is 7.83. The smallest absolute Gasteiger partial charge is 0.295 e. The lowest BCUT2D eigenvalue weighted by Gasteiger charge is -2.19. The van der Waals surface area contributed by atoms with Crippen molar-refractivity contribution in [2.24, 2.45) is 5.92 Å². The first-order valence-corrected chi connectivity index (χ1v) is 13.3. The van der Waals surface area contributed by atoms with E-state index >= 15 is 0 Å². The van der Waals surface area contributed by atoms with Crippen LogP contribution in [0.4, 0.5) is 5.82 Å². The van der Waals surface area contributed by atoms with Crippen LogP contribution in [0, 0.1) is 24.2 Å². The lowest BCUT2D eigenvalue weighted by Crippen LogP contribution is -2.29. The van der Waals surface area contributed by atoms with Crippen molar-refractivity contribution in [2.45, 2.75) is 71.4 Å². The number of rotatable bonds is 8. The quantitative estimate of drug-likeness (QED) is 0.360. The van der Waals surface area contributed by atoms with Crippen LogP contribution < -0.4 is 10.9 Å². The molecule has 6 rings (SSSR count). The van der Waals surface area contributed by atoms with Gasteiger partial charge in [-0.3, -0.25) is 9.36 Å². The molecule has 0 spiro atoms. The normalized spacial score (nSPS) is 15.8. The zero-order valence-electron chi connectivity index (χ0n) is 21.9. The molecule has 1 N–H and O–H groups in total. The van der Waals surface area contributed by atoms with Gasteiger partial charge in [0.05, 0.1) is 34.8 Å². The van der Waals surface area contributed by atoms with Gasteiger partial charge in [-0.1, -0.05) is 13.0 Å². The first-order valence-electron chi connectivity index (χ1n) is 13.3. The highest BCUT2D eigenvalue weighted by atomic mass is 16.1. The van der Waals surface area contributed by atoms with E-state index in [1.807, 2.05) is 19.1 Å². The Hall–Kier alpha value is -4.19. The van der Waals surface area contributed by atoms with Gasteiger partial charge in [-0.05, 0) is 75.1 Å². The topological polar surface area (TPSA) is 122 Å². The van der Waals surface area contributed by atoms with Crippen molar-refractivity contribution in [2.75, 3.05) is 5.32 Å². The minimum atomic E-state index is -0.184. The van der Waals surface area contributed by atoms with Crippen molar-refractivity contribution in [3.63, 3.8) is 0 Å². The molecule has 192 valence electrons. The summed E-state index contributed by atoms with van der Waals surface area (Å²) >= 11 is 0. The Morgan fingerprint density at radius 3 is 2.66 bits per heavy atom. The Morgan fingerprint density at radius 1 is 1.13 bits per heavy atom. The molecule has 3 aromatic heterocycles. The van der Waals surface area contributed by atoms with Crippen LogP contribution in [-0.2, 0) is 13.0 Å². The number of nitriles is 1. The molecule has 0 radical (unpaired) electrons. The number of benzene rings is 1. The summed E-state index contributed by atoms with van der Waals surface area (Å²) in [5.41, 5.74) is 6.36. The number of hydrogen-bond donors (Lipinski definition) is 1. The molecule has 0 amide bonds. The number of nitrogens with zero attached hydrogens (tertiary/aromatic N) is 7. The van der Waals surface area contributed by atoms with Gasteiger partial charge >= 0.3 is 0 Å². The minimum Gasteiger partial charge on any atom is -0.361 e. The number of aromatic nitrogens is 6. The molecule has 0 bridgehead atoms. The van der Waals surface area contributed by atoms with Gasteiger partial charge in [-0.2, -0.15) is 5.26 Å². The van der Waals surface area contributed by atoms with E-state index in [4.69, 9.17) is 4.98 Å². The maximum Gasteiger partial charge on any atom is 0.295 e. The molecule has 1 atom stereocenters. The number of nitrogens with one attached hydrogen (secondary N) is 1. The van der Waals surface area contributed by atoms with Gasteiger partial charge < -0.3 is 5.32 Å². The van der Waals surface area contributed by atoms with Gasteiger partial charge in [-0.25, -0.2) is 24.9 Å². The highest BCUT2D eigenvalue weighted by molar-refractivity contribution is 5.75. The average Bonchev–Trinajstić information content (AvgIpc) is 3.84. The Kier molecular flexibility index (Phi) is 6.10. The molecule has 38 heavy (non-hydrogen) atoms. The SMILES string of the molecule is CCc1cc(C#N)ccc1CNc1nc2cnc(-c3c(C)ncnc3C3CC3)nc2n([C@@H](C)C2CC2)c1=O. The highest BCUT2D eigenvalue weighted by Gasteiger charge is 2.33. The summed E-state index contributed by atoms with van der Waals surface area (Å²) in [6.45, 7) is 6.54. The van der Waals surface area contributed by atoms with Crippen molar-refractivity contribution in [1.82, 2.24) is 29.5 Å². The van der Waals surface area contributed by atoms with Crippen molar-refractivity contribution in [1.29, 1.82) is 5.26 Å². The molecular weight excluding hydrogens is 476 g/mol. The third-order valence-electron chi connectivity index (χ3n) is 7.76. The summed E-state index contributed by atoms with van der Waals surface area (Å²) < 4.78 is 1.79. The Bertz CT molecular complexity index is 1650. The van der Waals surface area contributed by atoms with Gasteiger partial charge in [0.25, 0.3) is 5.56 Å². The fourth-order valence-electron chi connectivity index (χ4n) is 5.21. The highest BCUT2D eigenvalue weighted by Crippen LogP contribution is 2.43. The molecule has 0 saturated heterocycles. The van der Waals surface area contributed by atoms with Crippen LogP contribution in [0.2, 0.25) is 0 Å². The van der Waals surface area contributed by atoms with E-state index in [9.17, 15) is 10.1 Å². The zero-order chi connectivity index (χ0) is 26.4. The molecule has 3 heterocycles. The maximum atomic E-state index is 13.8. The van der Waals surface area contributed by atoms with Gasteiger partial charge in [-0.15, -0.1) is 0 Å². The number of anilines is 1. The lowest BCUT2D eigenvalue weighted by molar-refractivity contribution is 0.482. The van der Waals surface area contributed by atoms with Crippen LogP contribution >= 0.6 is 0 Å². The summed E-state index contributed by atoms with van der Waals surface area (Å²) in [7, 11) is 0. The van der Waals surface area contributed by atoms with E-state index in [1.54, 1.807) is 23.2 Å². The predicted molar refractivity (Wildman–Crippen MR) is 145 cm³/mol. The van der Waals surface area contributed by atoms with Gasteiger partial charge in [0.2, 0.25) is 0 Å². The fourth-order valence-corrected chi connectivity index (χ4v) is 5.21. The van der Waals surface area contributed by atoms with E-state index in [-0.39, 0.29) is 17.4 Å². The molecule has 2 aliphatic rings. The van der Waals surface area contributed by atoms with Crippen molar-refractivity contribution >= 4 is 17.0 Å². The lowest BCUT2D eigenvalue weighted by atomic mass is 10.0. The van der Waals surface area contributed by atoms with Crippen molar-refractivity contribution < 1.29 is 0 Å². The summed E-state index contributed by atoms with van der Waals surface area (Å²) in [4.78, 5) is 37.1. The molecule has 2 aliphatic carbocycles. The molecule has 0 aliphatic heterocycles. The van der Waals surface area contributed by atoms with Crippen LogP contribution in [0.1, 0.15) is 79.6 Å². The molecule has 9 nitrogen and oxygen atoms in total. The zero-order valence-corrected chi connectivity index (χ0v) is 21.9. The average molecular weight is 507 g/mol. The summed E-state index contributed by atoms with van der Waals surface area (Å²) in [5.74, 6) is 1.68. The van der Waals surface area contributed by atoms with Gasteiger partial charge in [0, 0.05) is 18.5 Å². The van der Waals surface area contributed by atoms with Gasteiger partial charge in [0.15, 0.2) is 17.3 Å². The summed E-state index contributed by atoms with van der Waals surface area (Å²) in [6.07, 6.45) is 8.52. The largest absolute Gasteiger partial charge is 0.361 e. The second-order valence-electron chi connectivity index (χ2n) is 10.4. The van der Waals surface area contributed by atoms with E-state index < -0.39 is 0 Å². The number of hydrogen-bond acceptors (Lipinski definition) is 8. The molecular formula is C29H30N8O.